The highest BCUT2D eigenvalue weighted by molar-refractivity contribution is 5.80. The number of aliphatic imine (C=N–C) groups is 1. The fourth-order valence-corrected chi connectivity index (χ4v) is 3.09. The number of hydrogen-bond acceptors (Lipinski definition) is 3. The molecule has 3 rings (SSSR count). The molecule has 0 amide bonds. The van der Waals surface area contributed by atoms with E-state index in [2.05, 4.69) is 25.2 Å². The quantitative estimate of drug-likeness (QED) is 0.627. The van der Waals surface area contributed by atoms with Crippen molar-refractivity contribution in [2.24, 2.45) is 4.99 Å². The topological polar surface area (TPSA) is 63.5 Å². The summed E-state index contributed by atoms with van der Waals surface area (Å²) in [6.07, 6.45) is 8.15. The first-order chi connectivity index (χ1) is 9.76. The van der Waals surface area contributed by atoms with Crippen molar-refractivity contribution in [2.75, 3.05) is 13.6 Å². The predicted molar refractivity (Wildman–Crippen MR) is 77.8 cm³/mol. The number of rotatable bonds is 4. The Morgan fingerprint density at radius 1 is 1.55 bits per heavy atom. The van der Waals surface area contributed by atoms with E-state index < -0.39 is 0 Å². The highest BCUT2D eigenvalue weighted by atomic mass is 16.5. The molecule has 1 aromatic rings. The summed E-state index contributed by atoms with van der Waals surface area (Å²) in [7, 11) is 1.81. The molecule has 110 valence electrons. The van der Waals surface area contributed by atoms with Crippen molar-refractivity contribution in [1.82, 2.24) is 20.2 Å². The molecule has 3 heterocycles. The van der Waals surface area contributed by atoms with Crippen molar-refractivity contribution < 1.29 is 4.74 Å². The molecule has 0 aliphatic carbocycles. The van der Waals surface area contributed by atoms with Crippen molar-refractivity contribution >= 4 is 5.96 Å². The molecule has 1 aromatic heterocycles. The Bertz CT molecular complexity index is 484. The highest BCUT2D eigenvalue weighted by Crippen LogP contribution is 2.34. The Morgan fingerprint density at radius 2 is 2.45 bits per heavy atom. The van der Waals surface area contributed by atoms with Crippen LogP contribution in [0.2, 0.25) is 0 Å². The van der Waals surface area contributed by atoms with Crippen LogP contribution >= 0.6 is 0 Å². The summed E-state index contributed by atoms with van der Waals surface area (Å²) < 4.78 is 7.98. The number of aryl methyl sites for hydroxylation is 1. The molecular weight excluding hydrogens is 254 g/mol. The van der Waals surface area contributed by atoms with Gasteiger partial charge in [-0.2, -0.15) is 0 Å². The van der Waals surface area contributed by atoms with Crippen molar-refractivity contribution in [2.45, 2.75) is 51.0 Å². The van der Waals surface area contributed by atoms with Crippen LogP contribution in [0.1, 0.15) is 25.1 Å². The first-order valence-electron chi connectivity index (χ1n) is 7.36. The van der Waals surface area contributed by atoms with Gasteiger partial charge in [-0.25, -0.2) is 4.98 Å². The lowest BCUT2D eigenvalue weighted by Gasteiger charge is -2.22. The Kier molecular flexibility index (Phi) is 3.91. The zero-order valence-corrected chi connectivity index (χ0v) is 12.2. The van der Waals surface area contributed by atoms with Crippen LogP contribution in [0.25, 0.3) is 0 Å². The Hall–Kier alpha value is -1.56. The first kappa shape index (κ1) is 13.4. The molecule has 6 heteroatoms. The molecule has 6 nitrogen and oxygen atoms in total. The maximum absolute atomic E-state index is 5.85. The molecular formula is C14H23N5O. The molecule has 0 radical (unpaired) electrons. The second kappa shape index (κ2) is 5.83. The number of guanidine groups is 1. The van der Waals surface area contributed by atoms with Crippen LogP contribution in [-0.2, 0) is 11.3 Å². The van der Waals surface area contributed by atoms with Gasteiger partial charge in [0.1, 0.15) is 5.82 Å². The third-order valence-electron chi connectivity index (χ3n) is 4.22. The van der Waals surface area contributed by atoms with Crippen LogP contribution < -0.4 is 10.6 Å². The summed E-state index contributed by atoms with van der Waals surface area (Å²) in [5, 5.41) is 6.84. The van der Waals surface area contributed by atoms with Crippen molar-refractivity contribution in [3.63, 3.8) is 0 Å². The van der Waals surface area contributed by atoms with Gasteiger partial charge in [0, 0.05) is 32.5 Å². The van der Waals surface area contributed by atoms with Gasteiger partial charge in [-0.15, -0.1) is 0 Å². The fourth-order valence-electron chi connectivity index (χ4n) is 3.09. The van der Waals surface area contributed by atoms with E-state index in [0.29, 0.717) is 18.2 Å². The Balaban J connectivity index is 1.45. The lowest BCUT2D eigenvalue weighted by Crippen LogP contribution is -2.48. The fraction of sp³-hybridized carbons (Fsp3) is 0.714. The van der Waals surface area contributed by atoms with Crippen LogP contribution in [0.5, 0.6) is 0 Å². The number of hydrogen-bond donors (Lipinski definition) is 2. The average molecular weight is 277 g/mol. The van der Waals surface area contributed by atoms with Gasteiger partial charge < -0.3 is 19.9 Å². The molecule has 2 N–H and O–H groups in total. The molecule has 0 aromatic carbocycles. The summed E-state index contributed by atoms with van der Waals surface area (Å²) in [6.45, 7) is 3.73. The highest BCUT2D eigenvalue weighted by Gasteiger charge is 2.41. The third kappa shape index (κ3) is 2.80. The lowest BCUT2D eigenvalue weighted by molar-refractivity contribution is 0.0992. The Labute approximate surface area is 119 Å². The molecule has 2 bridgehead atoms. The number of ether oxygens (including phenoxy) is 1. The SMILES string of the molecule is CN=C(NCCn1ccnc1C)NC1CC2CCC1O2. The molecule has 2 aliphatic rings. The zero-order chi connectivity index (χ0) is 13.9. The van der Waals surface area contributed by atoms with E-state index >= 15 is 0 Å². The van der Waals surface area contributed by atoms with Gasteiger partial charge in [-0.05, 0) is 26.2 Å². The number of fused-ring (bicyclic) bond motifs is 2. The molecule has 2 aliphatic heterocycles. The van der Waals surface area contributed by atoms with E-state index in [1.807, 2.05) is 26.4 Å². The van der Waals surface area contributed by atoms with Gasteiger partial charge in [-0.3, -0.25) is 4.99 Å². The van der Waals surface area contributed by atoms with Gasteiger partial charge >= 0.3 is 0 Å². The number of nitrogens with one attached hydrogen (secondary N) is 2. The van der Waals surface area contributed by atoms with E-state index in [1.165, 1.54) is 12.8 Å². The zero-order valence-electron chi connectivity index (χ0n) is 12.2. The molecule has 0 spiro atoms. The van der Waals surface area contributed by atoms with E-state index in [0.717, 1.165) is 31.3 Å². The smallest absolute Gasteiger partial charge is 0.191 e. The molecule has 2 saturated heterocycles. The normalized spacial score (nSPS) is 28.9. The molecule has 3 unspecified atom stereocenters. The van der Waals surface area contributed by atoms with Crippen LogP contribution in [-0.4, -0.2) is 47.4 Å². The number of imidazole rings is 1. The second-order valence-electron chi connectivity index (χ2n) is 5.53. The van der Waals surface area contributed by atoms with Crippen LogP contribution in [0.15, 0.2) is 17.4 Å². The summed E-state index contributed by atoms with van der Waals surface area (Å²) in [4.78, 5) is 8.51. The largest absolute Gasteiger partial charge is 0.373 e. The molecule has 20 heavy (non-hydrogen) atoms. The van der Waals surface area contributed by atoms with Crippen molar-refractivity contribution in [3.8, 4) is 0 Å². The number of aromatic nitrogens is 2. The summed E-state index contributed by atoms with van der Waals surface area (Å²) >= 11 is 0. The maximum atomic E-state index is 5.85. The minimum Gasteiger partial charge on any atom is -0.373 e. The van der Waals surface area contributed by atoms with Crippen LogP contribution in [0, 0.1) is 6.92 Å². The van der Waals surface area contributed by atoms with E-state index in [4.69, 9.17) is 4.74 Å². The van der Waals surface area contributed by atoms with Crippen molar-refractivity contribution in [3.05, 3.63) is 18.2 Å². The lowest BCUT2D eigenvalue weighted by atomic mass is 9.96. The molecule has 3 atom stereocenters. The maximum Gasteiger partial charge on any atom is 0.191 e. The minimum atomic E-state index is 0.370. The average Bonchev–Trinajstić information content (AvgIpc) is 3.15. The van der Waals surface area contributed by atoms with Crippen LogP contribution in [0.4, 0.5) is 0 Å². The van der Waals surface area contributed by atoms with Gasteiger partial charge in [0.2, 0.25) is 0 Å². The van der Waals surface area contributed by atoms with E-state index in [-0.39, 0.29) is 0 Å². The standard InChI is InChI=1S/C14H23N5O/c1-10-16-5-7-19(10)8-6-17-14(15-2)18-12-9-11-3-4-13(12)20-11/h5,7,11-13H,3-4,6,8-9H2,1-2H3,(H2,15,17,18). The molecule has 2 fully saturated rings. The number of nitrogens with zero attached hydrogens (tertiary/aromatic N) is 3. The van der Waals surface area contributed by atoms with Gasteiger partial charge in [0.05, 0.1) is 18.2 Å². The summed E-state index contributed by atoms with van der Waals surface area (Å²) in [5.74, 6) is 1.90. The van der Waals surface area contributed by atoms with E-state index in [1.54, 1.807) is 0 Å². The molecule has 0 saturated carbocycles. The Morgan fingerprint density at radius 3 is 3.05 bits per heavy atom. The first-order valence-corrected chi connectivity index (χ1v) is 7.36. The summed E-state index contributed by atoms with van der Waals surface area (Å²) in [6, 6.07) is 0.412. The summed E-state index contributed by atoms with van der Waals surface area (Å²) in [5.41, 5.74) is 0. The van der Waals surface area contributed by atoms with Crippen molar-refractivity contribution in [1.29, 1.82) is 0 Å². The third-order valence-corrected chi connectivity index (χ3v) is 4.22. The monoisotopic (exact) mass is 277 g/mol. The predicted octanol–water partition coefficient (Wildman–Crippen LogP) is 0.676. The van der Waals surface area contributed by atoms with Gasteiger partial charge in [0.15, 0.2) is 5.96 Å². The second-order valence-corrected chi connectivity index (χ2v) is 5.53. The van der Waals surface area contributed by atoms with E-state index in [9.17, 15) is 0 Å². The van der Waals surface area contributed by atoms with Crippen LogP contribution in [0.3, 0.4) is 0 Å². The van der Waals surface area contributed by atoms with Gasteiger partial charge in [-0.1, -0.05) is 0 Å². The minimum absolute atomic E-state index is 0.370. The van der Waals surface area contributed by atoms with Gasteiger partial charge in [0.25, 0.3) is 0 Å².